The van der Waals surface area contributed by atoms with Crippen molar-refractivity contribution in [3.63, 3.8) is 0 Å². The fourth-order valence-corrected chi connectivity index (χ4v) is 5.17. The smallest absolute Gasteiger partial charge is 0.241 e. The molecule has 0 fully saturated rings. The number of carbonyl (C=O) groups excluding carboxylic acids is 1. The van der Waals surface area contributed by atoms with E-state index in [1.54, 1.807) is 32.0 Å². The number of rotatable bonds is 6. The predicted octanol–water partition coefficient (Wildman–Crippen LogP) is 4.36. The second-order valence-electron chi connectivity index (χ2n) is 7.27. The summed E-state index contributed by atoms with van der Waals surface area (Å²) in [6.45, 7) is 3.60. The number of thioether (sulfide) groups is 1. The highest BCUT2D eigenvalue weighted by Gasteiger charge is 2.26. The van der Waals surface area contributed by atoms with Crippen LogP contribution in [-0.2, 0) is 21.2 Å². The number of nitrogens with one attached hydrogen (secondary N) is 2. The van der Waals surface area contributed by atoms with Gasteiger partial charge in [-0.25, -0.2) is 13.1 Å². The fourth-order valence-electron chi connectivity index (χ4n) is 3.36. The first-order chi connectivity index (χ1) is 13.3. The van der Waals surface area contributed by atoms with Gasteiger partial charge in [0.05, 0.1) is 10.6 Å². The van der Waals surface area contributed by atoms with Gasteiger partial charge in [0.2, 0.25) is 15.9 Å². The van der Waals surface area contributed by atoms with E-state index in [1.807, 2.05) is 24.5 Å². The highest BCUT2D eigenvalue weighted by molar-refractivity contribution is 7.98. The average Bonchev–Trinajstić information content (AvgIpc) is 2.68. The van der Waals surface area contributed by atoms with Crippen molar-refractivity contribution in [3.8, 4) is 0 Å². The third-order valence-corrected chi connectivity index (χ3v) is 7.20. The Labute approximate surface area is 171 Å². The predicted molar refractivity (Wildman–Crippen MR) is 114 cm³/mol. The summed E-state index contributed by atoms with van der Waals surface area (Å²) >= 11 is 1.46. The van der Waals surface area contributed by atoms with Crippen molar-refractivity contribution in [1.29, 1.82) is 0 Å². The molecule has 1 amide bonds. The number of anilines is 1. The summed E-state index contributed by atoms with van der Waals surface area (Å²) in [5.41, 5.74) is 2.77. The standard InChI is InChI=1S/C21H26N2O3S2/c1-14(2)21(24)22-19-13-16(11-12-20(19)27-3)28(25,26)23-18-10-6-8-15-7-4-5-9-17(15)18/h4-5,7,9,11-14,18,23H,6,8,10H2,1-3H3,(H,22,24). The molecule has 1 atom stereocenters. The van der Waals surface area contributed by atoms with E-state index >= 15 is 0 Å². The van der Waals surface area contributed by atoms with Crippen molar-refractivity contribution in [3.05, 3.63) is 53.6 Å². The number of benzene rings is 2. The van der Waals surface area contributed by atoms with Gasteiger partial charge in [-0.05, 0) is 54.8 Å². The van der Waals surface area contributed by atoms with Crippen molar-refractivity contribution in [2.24, 2.45) is 5.92 Å². The normalized spacial score (nSPS) is 16.6. The van der Waals surface area contributed by atoms with Crippen LogP contribution in [0.25, 0.3) is 0 Å². The molecule has 0 spiro atoms. The third kappa shape index (κ3) is 4.59. The fraction of sp³-hybridized carbons (Fsp3) is 0.381. The second kappa shape index (κ2) is 8.68. The van der Waals surface area contributed by atoms with Crippen LogP contribution in [0, 0.1) is 5.92 Å². The molecule has 1 aliphatic rings. The zero-order valence-corrected chi connectivity index (χ0v) is 18.0. The number of fused-ring (bicyclic) bond motifs is 1. The van der Waals surface area contributed by atoms with Crippen molar-refractivity contribution < 1.29 is 13.2 Å². The zero-order valence-electron chi connectivity index (χ0n) is 16.4. The first-order valence-electron chi connectivity index (χ1n) is 9.41. The molecule has 0 aliphatic heterocycles. The SMILES string of the molecule is CSc1ccc(S(=O)(=O)NC2CCCc3ccccc32)cc1NC(=O)C(C)C. The van der Waals surface area contributed by atoms with Gasteiger partial charge in [0.15, 0.2) is 0 Å². The molecule has 0 heterocycles. The lowest BCUT2D eigenvalue weighted by Crippen LogP contribution is -2.31. The Bertz CT molecular complexity index is 971. The van der Waals surface area contributed by atoms with E-state index in [0.717, 1.165) is 29.7 Å². The van der Waals surface area contributed by atoms with Crippen LogP contribution in [0.1, 0.15) is 43.9 Å². The third-order valence-electron chi connectivity index (χ3n) is 4.93. The highest BCUT2D eigenvalue weighted by Crippen LogP contribution is 2.32. The Morgan fingerprint density at radius 2 is 1.93 bits per heavy atom. The Morgan fingerprint density at radius 1 is 1.18 bits per heavy atom. The van der Waals surface area contributed by atoms with Crippen molar-refractivity contribution >= 4 is 33.4 Å². The summed E-state index contributed by atoms with van der Waals surface area (Å²) in [7, 11) is -3.72. The average molecular weight is 419 g/mol. The number of hydrogen-bond donors (Lipinski definition) is 2. The molecule has 3 rings (SSSR count). The minimum Gasteiger partial charge on any atom is -0.325 e. The summed E-state index contributed by atoms with van der Waals surface area (Å²) in [5, 5.41) is 2.84. The molecule has 0 aromatic heterocycles. The maximum Gasteiger partial charge on any atom is 0.241 e. The number of carbonyl (C=O) groups is 1. The van der Waals surface area contributed by atoms with Crippen LogP contribution in [0.4, 0.5) is 5.69 Å². The Kier molecular flexibility index (Phi) is 6.47. The van der Waals surface area contributed by atoms with E-state index in [4.69, 9.17) is 0 Å². The van der Waals surface area contributed by atoms with Crippen LogP contribution in [0.5, 0.6) is 0 Å². The molecule has 7 heteroatoms. The zero-order chi connectivity index (χ0) is 20.3. The molecule has 28 heavy (non-hydrogen) atoms. The van der Waals surface area contributed by atoms with Gasteiger partial charge >= 0.3 is 0 Å². The number of hydrogen-bond acceptors (Lipinski definition) is 4. The minimum atomic E-state index is -3.72. The number of aryl methyl sites for hydroxylation is 1. The lowest BCUT2D eigenvalue weighted by molar-refractivity contribution is -0.118. The first kappa shape index (κ1) is 20.9. The van der Waals surface area contributed by atoms with E-state index in [1.165, 1.54) is 17.3 Å². The minimum absolute atomic E-state index is 0.140. The summed E-state index contributed by atoms with van der Waals surface area (Å²) in [6, 6.07) is 12.6. The molecule has 0 radical (unpaired) electrons. The van der Waals surface area contributed by atoms with E-state index in [9.17, 15) is 13.2 Å². The van der Waals surface area contributed by atoms with Gasteiger partial charge < -0.3 is 5.32 Å². The summed E-state index contributed by atoms with van der Waals surface area (Å²) in [4.78, 5) is 13.1. The Balaban J connectivity index is 1.89. The second-order valence-corrected chi connectivity index (χ2v) is 9.83. The lowest BCUT2D eigenvalue weighted by atomic mass is 9.88. The van der Waals surface area contributed by atoms with Crippen LogP contribution in [0.3, 0.4) is 0 Å². The van der Waals surface area contributed by atoms with Crippen LogP contribution < -0.4 is 10.0 Å². The van der Waals surface area contributed by atoms with Crippen LogP contribution in [-0.4, -0.2) is 20.6 Å². The highest BCUT2D eigenvalue weighted by atomic mass is 32.2. The van der Waals surface area contributed by atoms with Crippen LogP contribution >= 0.6 is 11.8 Å². The molecule has 2 N–H and O–H groups in total. The molecule has 0 saturated carbocycles. The molecule has 150 valence electrons. The molecule has 1 aliphatic carbocycles. The topological polar surface area (TPSA) is 75.3 Å². The summed E-state index contributed by atoms with van der Waals surface area (Å²) in [6.07, 6.45) is 4.59. The summed E-state index contributed by atoms with van der Waals surface area (Å²) < 4.78 is 29.0. The van der Waals surface area contributed by atoms with E-state index < -0.39 is 10.0 Å². The molecule has 2 aromatic carbocycles. The van der Waals surface area contributed by atoms with Crippen molar-refractivity contribution in [2.75, 3.05) is 11.6 Å². The van der Waals surface area contributed by atoms with Crippen LogP contribution in [0.15, 0.2) is 52.3 Å². The van der Waals surface area contributed by atoms with Gasteiger partial charge in [0.25, 0.3) is 0 Å². The lowest BCUT2D eigenvalue weighted by Gasteiger charge is -2.26. The molecule has 1 unspecified atom stereocenters. The van der Waals surface area contributed by atoms with Crippen molar-refractivity contribution in [2.45, 2.75) is 48.9 Å². The Morgan fingerprint density at radius 3 is 2.64 bits per heavy atom. The molecule has 5 nitrogen and oxygen atoms in total. The summed E-state index contributed by atoms with van der Waals surface area (Å²) in [5.74, 6) is -0.328. The largest absolute Gasteiger partial charge is 0.325 e. The van der Waals surface area contributed by atoms with E-state index in [0.29, 0.717) is 5.69 Å². The van der Waals surface area contributed by atoms with Crippen molar-refractivity contribution in [1.82, 2.24) is 4.72 Å². The Hall–Kier alpha value is -1.83. The number of sulfonamides is 1. The van der Waals surface area contributed by atoms with E-state index in [2.05, 4.69) is 16.1 Å². The van der Waals surface area contributed by atoms with Gasteiger partial charge in [-0.2, -0.15) is 0 Å². The maximum absolute atomic E-state index is 13.1. The number of amides is 1. The van der Waals surface area contributed by atoms with E-state index in [-0.39, 0.29) is 22.8 Å². The quantitative estimate of drug-likeness (QED) is 0.684. The molecule has 2 aromatic rings. The molecular formula is C21H26N2O3S2. The van der Waals surface area contributed by atoms with Gasteiger partial charge in [-0.3, -0.25) is 4.79 Å². The molecular weight excluding hydrogens is 392 g/mol. The van der Waals surface area contributed by atoms with Gasteiger partial charge in [0, 0.05) is 16.9 Å². The monoisotopic (exact) mass is 418 g/mol. The molecule has 0 bridgehead atoms. The maximum atomic E-state index is 13.1. The first-order valence-corrected chi connectivity index (χ1v) is 12.1. The van der Waals surface area contributed by atoms with Gasteiger partial charge in [-0.15, -0.1) is 11.8 Å². The molecule has 0 saturated heterocycles. The van der Waals surface area contributed by atoms with Gasteiger partial charge in [0.1, 0.15) is 0 Å². The van der Waals surface area contributed by atoms with Gasteiger partial charge in [-0.1, -0.05) is 38.1 Å². The van der Waals surface area contributed by atoms with Crippen LogP contribution in [0.2, 0.25) is 0 Å².